The zero-order chi connectivity index (χ0) is 19.2. The summed E-state index contributed by atoms with van der Waals surface area (Å²) < 4.78 is 0. The van der Waals surface area contributed by atoms with Gasteiger partial charge in [-0.1, -0.05) is 49.2 Å². The predicted molar refractivity (Wildman–Crippen MR) is 113 cm³/mol. The van der Waals surface area contributed by atoms with Gasteiger partial charge in [-0.25, -0.2) is 4.98 Å². The molecule has 140 valence electrons. The van der Waals surface area contributed by atoms with Crippen LogP contribution in [0.25, 0.3) is 11.3 Å². The van der Waals surface area contributed by atoms with Crippen LogP contribution in [-0.4, -0.2) is 23.1 Å². The summed E-state index contributed by atoms with van der Waals surface area (Å²) in [5.74, 6) is 1.50. The van der Waals surface area contributed by atoms with E-state index in [-0.39, 0.29) is 0 Å². The largest absolute Gasteiger partial charge is 0.341 e. The van der Waals surface area contributed by atoms with Gasteiger partial charge >= 0.3 is 0 Å². The Morgan fingerprint density at radius 2 is 1.64 bits per heavy atom. The van der Waals surface area contributed by atoms with Gasteiger partial charge in [0.15, 0.2) is 0 Å². The second-order valence-corrected chi connectivity index (χ2v) is 7.02. The summed E-state index contributed by atoms with van der Waals surface area (Å²) in [5, 5.41) is 12.5. The summed E-state index contributed by atoms with van der Waals surface area (Å²) >= 11 is 0. The van der Waals surface area contributed by atoms with E-state index < -0.39 is 0 Å². The molecule has 0 bridgehead atoms. The van der Waals surface area contributed by atoms with Crippen molar-refractivity contribution in [3.8, 4) is 17.3 Å². The molecule has 5 nitrogen and oxygen atoms in total. The topological polar surface area (TPSA) is 64.8 Å². The van der Waals surface area contributed by atoms with Crippen LogP contribution in [0.5, 0.6) is 0 Å². The highest BCUT2D eigenvalue weighted by atomic mass is 15.3. The molecule has 28 heavy (non-hydrogen) atoms. The van der Waals surface area contributed by atoms with E-state index in [0.717, 1.165) is 41.8 Å². The van der Waals surface area contributed by atoms with E-state index in [1.807, 2.05) is 42.5 Å². The Morgan fingerprint density at radius 1 is 0.857 bits per heavy atom. The van der Waals surface area contributed by atoms with Crippen LogP contribution >= 0.6 is 0 Å². The molecule has 0 aliphatic carbocycles. The minimum absolute atomic E-state index is 0.620. The fraction of sp³-hybridized carbons (Fsp3) is 0.261. The van der Waals surface area contributed by atoms with E-state index in [1.165, 1.54) is 25.7 Å². The summed E-state index contributed by atoms with van der Waals surface area (Å²) in [6.07, 6.45) is 4.87. The zero-order valence-electron chi connectivity index (χ0n) is 15.8. The van der Waals surface area contributed by atoms with Gasteiger partial charge in [0.25, 0.3) is 0 Å². The van der Waals surface area contributed by atoms with Gasteiger partial charge in [0.1, 0.15) is 5.82 Å². The number of anilines is 3. The van der Waals surface area contributed by atoms with Gasteiger partial charge < -0.3 is 10.2 Å². The third-order valence-electron chi connectivity index (χ3n) is 4.94. The minimum Gasteiger partial charge on any atom is -0.341 e. The Labute approximate surface area is 165 Å². The van der Waals surface area contributed by atoms with Crippen LogP contribution in [-0.2, 0) is 0 Å². The van der Waals surface area contributed by atoms with E-state index in [2.05, 4.69) is 28.4 Å². The molecule has 1 aliphatic rings. The number of nitrogens with one attached hydrogen (secondary N) is 1. The van der Waals surface area contributed by atoms with Crippen molar-refractivity contribution in [3.05, 3.63) is 66.2 Å². The maximum absolute atomic E-state index is 9.15. The van der Waals surface area contributed by atoms with E-state index >= 15 is 0 Å². The minimum atomic E-state index is 0.620. The summed E-state index contributed by atoms with van der Waals surface area (Å²) in [7, 11) is 0. The van der Waals surface area contributed by atoms with Crippen molar-refractivity contribution in [2.75, 3.05) is 23.3 Å². The number of aromatic nitrogens is 2. The standard InChI is InChI=1S/C23H23N5/c24-17-18-9-8-12-20(15-18)25-22-16-21(19-10-4-3-5-11-19)26-23(27-22)28-13-6-1-2-7-14-28/h3-5,8-12,15-16H,1-2,6-7,13-14H2,(H,25,26,27). The van der Waals surface area contributed by atoms with Crippen molar-refractivity contribution >= 4 is 17.5 Å². The molecule has 3 aromatic rings. The first-order valence-corrected chi connectivity index (χ1v) is 9.78. The first-order chi connectivity index (χ1) is 13.8. The van der Waals surface area contributed by atoms with Gasteiger partial charge in [-0.05, 0) is 31.0 Å². The molecule has 0 saturated carbocycles. The molecule has 5 heteroatoms. The molecule has 1 fully saturated rings. The molecule has 0 atom stereocenters. The molecule has 2 heterocycles. The molecule has 0 radical (unpaired) electrons. The van der Waals surface area contributed by atoms with Crippen molar-refractivity contribution in [1.82, 2.24) is 9.97 Å². The fourth-order valence-electron chi connectivity index (χ4n) is 3.48. The average Bonchev–Trinajstić information content (AvgIpc) is 3.04. The van der Waals surface area contributed by atoms with Crippen molar-refractivity contribution in [2.24, 2.45) is 0 Å². The molecular weight excluding hydrogens is 346 g/mol. The van der Waals surface area contributed by atoms with Crippen LogP contribution in [0.4, 0.5) is 17.5 Å². The lowest BCUT2D eigenvalue weighted by molar-refractivity contribution is 0.726. The van der Waals surface area contributed by atoms with Crippen LogP contribution in [0, 0.1) is 11.3 Å². The lowest BCUT2D eigenvalue weighted by Crippen LogP contribution is -2.26. The van der Waals surface area contributed by atoms with Gasteiger partial charge in [-0.15, -0.1) is 0 Å². The fourth-order valence-corrected chi connectivity index (χ4v) is 3.48. The highest BCUT2D eigenvalue weighted by molar-refractivity contribution is 5.68. The molecule has 0 unspecified atom stereocenters. The Morgan fingerprint density at radius 3 is 2.39 bits per heavy atom. The number of nitrogens with zero attached hydrogens (tertiary/aromatic N) is 4. The van der Waals surface area contributed by atoms with Crippen LogP contribution < -0.4 is 10.2 Å². The third kappa shape index (κ3) is 4.29. The second kappa shape index (κ2) is 8.53. The van der Waals surface area contributed by atoms with E-state index in [1.54, 1.807) is 6.07 Å². The van der Waals surface area contributed by atoms with Crippen LogP contribution in [0.3, 0.4) is 0 Å². The molecule has 1 saturated heterocycles. The Kier molecular flexibility index (Phi) is 5.48. The lowest BCUT2D eigenvalue weighted by atomic mass is 10.1. The maximum Gasteiger partial charge on any atom is 0.227 e. The Bertz CT molecular complexity index is 970. The maximum atomic E-state index is 9.15. The van der Waals surface area contributed by atoms with Crippen LogP contribution in [0.15, 0.2) is 60.7 Å². The zero-order valence-corrected chi connectivity index (χ0v) is 15.8. The van der Waals surface area contributed by atoms with E-state index in [9.17, 15) is 0 Å². The summed E-state index contributed by atoms with van der Waals surface area (Å²) in [5.41, 5.74) is 3.43. The highest BCUT2D eigenvalue weighted by Crippen LogP contribution is 2.26. The number of hydrogen-bond acceptors (Lipinski definition) is 5. The molecular formula is C23H23N5. The summed E-state index contributed by atoms with van der Waals surface area (Å²) in [4.78, 5) is 12.0. The highest BCUT2D eigenvalue weighted by Gasteiger charge is 2.15. The van der Waals surface area contributed by atoms with Crippen molar-refractivity contribution < 1.29 is 0 Å². The van der Waals surface area contributed by atoms with Crippen LogP contribution in [0.2, 0.25) is 0 Å². The van der Waals surface area contributed by atoms with Crippen molar-refractivity contribution in [3.63, 3.8) is 0 Å². The SMILES string of the molecule is N#Cc1cccc(Nc2cc(-c3ccccc3)nc(N3CCCCCC3)n2)c1. The Hall–Kier alpha value is -3.39. The number of rotatable bonds is 4. The molecule has 4 rings (SSSR count). The molecule has 0 spiro atoms. The summed E-state index contributed by atoms with van der Waals surface area (Å²) in [6, 6.07) is 21.8. The number of hydrogen-bond donors (Lipinski definition) is 1. The van der Waals surface area contributed by atoms with Gasteiger partial charge in [0.2, 0.25) is 5.95 Å². The summed E-state index contributed by atoms with van der Waals surface area (Å²) in [6.45, 7) is 1.98. The predicted octanol–water partition coefficient (Wildman–Crippen LogP) is 5.14. The van der Waals surface area contributed by atoms with Crippen molar-refractivity contribution in [2.45, 2.75) is 25.7 Å². The molecule has 1 aliphatic heterocycles. The van der Waals surface area contributed by atoms with Crippen LogP contribution in [0.1, 0.15) is 31.2 Å². The molecule has 2 aromatic carbocycles. The smallest absolute Gasteiger partial charge is 0.227 e. The normalized spacial score (nSPS) is 14.2. The van der Waals surface area contributed by atoms with Gasteiger partial charge in [-0.3, -0.25) is 0 Å². The van der Waals surface area contributed by atoms with Gasteiger partial charge in [0.05, 0.1) is 17.3 Å². The van der Waals surface area contributed by atoms with E-state index in [0.29, 0.717) is 5.56 Å². The van der Waals surface area contributed by atoms with Crippen molar-refractivity contribution in [1.29, 1.82) is 5.26 Å². The molecule has 1 aromatic heterocycles. The molecule has 1 N–H and O–H groups in total. The average molecular weight is 369 g/mol. The monoisotopic (exact) mass is 369 g/mol. The Balaban J connectivity index is 1.72. The number of benzene rings is 2. The molecule has 0 amide bonds. The van der Waals surface area contributed by atoms with E-state index in [4.69, 9.17) is 15.2 Å². The quantitative estimate of drug-likeness (QED) is 0.690. The first-order valence-electron chi connectivity index (χ1n) is 9.78. The lowest BCUT2D eigenvalue weighted by Gasteiger charge is -2.21. The third-order valence-corrected chi connectivity index (χ3v) is 4.94. The second-order valence-electron chi connectivity index (χ2n) is 7.02. The van der Waals surface area contributed by atoms with Gasteiger partial charge in [0, 0.05) is 30.4 Å². The number of nitriles is 1. The first kappa shape index (κ1) is 18.0. The van der Waals surface area contributed by atoms with Gasteiger partial charge in [-0.2, -0.15) is 10.2 Å².